The van der Waals surface area contributed by atoms with Crippen molar-refractivity contribution in [1.82, 2.24) is 10.6 Å². The molecule has 2 unspecified atom stereocenters. The topological polar surface area (TPSA) is 98.7 Å². The number of carbonyl (C=O) groups is 2. The number of carbonyl (C=O) groups excluding carboxylic acids is 1. The molecule has 0 aromatic carbocycles. The van der Waals surface area contributed by atoms with Crippen molar-refractivity contribution in [2.75, 3.05) is 13.2 Å². The molecular formula is C10H18N2O4. The number of piperidine rings is 1. The minimum absolute atomic E-state index is 0.350. The van der Waals surface area contributed by atoms with Gasteiger partial charge in [-0.05, 0) is 25.3 Å². The molecule has 0 radical (unpaired) electrons. The number of nitrogens with one attached hydrogen (secondary N) is 2. The Balaban J connectivity index is 2.47. The van der Waals surface area contributed by atoms with E-state index in [1.807, 2.05) is 0 Å². The zero-order valence-corrected chi connectivity index (χ0v) is 9.27. The van der Waals surface area contributed by atoms with Crippen LogP contribution in [0.25, 0.3) is 0 Å². The van der Waals surface area contributed by atoms with E-state index in [1.54, 1.807) is 0 Å². The molecule has 0 bridgehead atoms. The molecule has 1 rings (SSSR count). The van der Waals surface area contributed by atoms with Gasteiger partial charge in [0.25, 0.3) is 0 Å². The number of aliphatic hydroxyl groups excluding tert-OH is 1. The third-order valence-electron chi connectivity index (χ3n) is 2.78. The molecule has 1 amide bonds. The zero-order valence-electron chi connectivity index (χ0n) is 9.27. The van der Waals surface area contributed by atoms with E-state index in [0.29, 0.717) is 12.3 Å². The van der Waals surface area contributed by atoms with Crippen LogP contribution in [0.1, 0.15) is 19.8 Å². The second-order valence-electron chi connectivity index (χ2n) is 4.22. The van der Waals surface area contributed by atoms with Gasteiger partial charge in [-0.3, -0.25) is 4.79 Å². The van der Waals surface area contributed by atoms with Gasteiger partial charge in [0, 0.05) is 0 Å². The predicted octanol–water partition coefficient (Wildman–Crippen LogP) is -1.06. The Morgan fingerprint density at radius 3 is 2.75 bits per heavy atom. The third kappa shape index (κ3) is 3.46. The Bertz CT molecular complexity index is 270. The highest BCUT2D eigenvalue weighted by Gasteiger charge is 2.27. The van der Waals surface area contributed by atoms with Crippen LogP contribution < -0.4 is 10.6 Å². The molecule has 4 N–H and O–H groups in total. The number of hydrogen-bond donors (Lipinski definition) is 4. The summed E-state index contributed by atoms with van der Waals surface area (Å²) in [5.41, 5.74) is 0. The van der Waals surface area contributed by atoms with Crippen LogP contribution in [-0.2, 0) is 9.59 Å². The highest BCUT2D eigenvalue weighted by Crippen LogP contribution is 2.14. The van der Waals surface area contributed by atoms with E-state index in [9.17, 15) is 9.59 Å². The van der Waals surface area contributed by atoms with E-state index < -0.39 is 18.6 Å². The Kier molecular flexibility index (Phi) is 4.70. The molecule has 1 fully saturated rings. The van der Waals surface area contributed by atoms with Gasteiger partial charge in [0.05, 0.1) is 12.6 Å². The van der Waals surface area contributed by atoms with Crippen molar-refractivity contribution in [3.8, 4) is 0 Å². The molecule has 1 aliphatic rings. The molecule has 92 valence electrons. The summed E-state index contributed by atoms with van der Waals surface area (Å²) in [7, 11) is 0. The smallest absolute Gasteiger partial charge is 0.328 e. The summed E-state index contributed by atoms with van der Waals surface area (Å²) in [6, 6.07) is -1.57. The first kappa shape index (κ1) is 12.9. The first-order valence-corrected chi connectivity index (χ1v) is 5.42. The van der Waals surface area contributed by atoms with Crippen molar-refractivity contribution in [1.29, 1.82) is 0 Å². The zero-order chi connectivity index (χ0) is 12.1. The van der Waals surface area contributed by atoms with E-state index in [0.717, 1.165) is 13.0 Å². The first-order valence-electron chi connectivity index (χ1n) is 5.42. The van der Waals surface area contributed by atoms with Crippen LogP contribution in [0, 0.1) is 5.92 Å². The van der Waals surface area contributed by atoms with Gasteiger partial charge in [-0.15, -0.1) is 0 Å². The van der Waals surface area contributed by atoms with Crippen molar-refractivity contribution >= 4 is 11.9 Å². The van der Waals surface area contributed by atoms with E-state index >= 15 is 0 Å². The predicted molar refractivity (Wildman–Crippen MR) is 56.8 cm³/mol. The van der Waals surface area contributed by atoms with E-state index in [1.165, 1.54) is 0 Å². The standard InChI is InChI=1S/C10H18N2O4/c1-6-2-3-11-7(4-6)9(14)12-8(5-13)10(15)16/h6-8,11,13H,2-5H2,1H3,(H,12,14)(H,15,16)/t6?,7?,8-/m1/s1. The molecule has 6 heteroatoms. The summed E-state index contributed by atoms with van der Waals surface area (Å²) in [6.07, 6.45) is 1.72. The van der Waals surface area contributed by atoms with Crippen LogP contribution in [0.4, 0.5) is 0 Å². The molecule has 16 heavy (non-hydrogen) atoms. The summed E-state index contributed by atoms with van der Waals surface area (Å²) in [4.78, 5) is 22.3. The Labute approximate surface area is 94.0 Å². The maximum atomic E-state index is 11.7. The average molecular weight is 230 g/mol. The molecule has 1 aliphatic heterocycles. The number of carboxylic acid groups (broad SMARTS) is 1. The second-order valence-corrected chi connectivity index (χ2v) is 4.22. The van der Waals surface area contributed by atoms with Crippen molar-refractivity contribution in [3.63, 3.8) is 0 Å². The van der Waals surface area contributed by atoms with Crippen molar-refractivity contribution in [2.45, 2.75) is 31.8 Å². The largest absolute Gasteiger partial charge is 0.480 e. The quantitative estimate of drug-likeness (QED) is 0.493. The van der Waals surface area contributed by atoms with E-state index in [2.05, 4.69) is 17.6 Å². The van der Waals surface area contributed by atoms with Crippen molar-refractivity contribution in [3.05, 3.63) is 0 Å². The van der Waals surface area contributed by atoms with Gasteiger partial charge in [0.2, 0.25) is 5.91 Å². The van der Waals surface area contributed by atoms with Gasteiger partial charge in [-0.1, -0.05) is 6.92 Å². The monoisotopic (exact) mass is 230 g/mol. The number of carboxylic acids is 1. The van der Waals surface area contributed by atoms with Gasteiger partial charge >= 0.3 is 5.97 Å². The number of amides is 1. The number of aliphatic carboxylic acids is 1. The fourth-order valence-electron chi connectivity index (χ4n) is 1.77. The molecule has 0 spiro atoms. The van der Waals surface area contributed by atoms with Crippen LogP contribution in [-0.4, -0.2) is 47.3 Å². The fourth-order valence-corrected chi connectivity index (χ4v) is 1.77. The first-order chi connectivity index (χ1) is 7.54. The lowest BCUT2D eigenvalue weighted by molar-refractivity contribution is -0.143. The summed E-state index contributed by atoms with van der Waals surface area (Å²) < 4.78 is 0. The van der Waals surface area contributed by atoms with Crippen LogP contribution >= 0.6 is 0 Å². The maximum absolute atomic E-state index is 11.7. The van der Waals surface area contributed by atoms with Gasteiger partial charge < -0.3 is 20.8 Å². The number of rotatable bonds is 4. The summed E-state index contributed by atoms with van der Waals surface area (Å²) in [5.74, 6) is -1.12. The highest BCUT2D eigenvalue weighted by atomic mass is 16.4. The fraction of sp³-hybridized carbons (Fsp3) is 0.800. The Morgan fingerprint density at radius 1 is 1.56 bits per heavy atom. The van der Waals surface area contributed by atoms with Crippen molar-refractivity contribution in [2.24, 2.45) is 5.92 Å². The van der Waals surface area contributed by atoms with Gasteiger partial charge in [-0.25, -0.2) is 4.79 Å². The molecule has 0 aliphatic carbocycles. The Morgan fingerprint density at radius 2 is 2.25 bits per heavy atom. The summed E-state index contributed by atoms with van der Waals surface area (Å²) in [5, 5.41) is 22.8. The highest BCUT2D eigenvalue weighted by molar-refractivity contribution is 5.87. The summed E-state index contributed by atoms with van der Waals surface area (Å²) >= 11 is 0. The van der Waals surface area contributed by atoms with Crippen LogP contribution in [0.3, 0.4) is 0 Å². The molecule has 1 saturated heterocycles. The lowest BCUT2D eigenvalue weighted by Crippen LogP contribution is -2.53. The molecule has 0 aromatic heterocycles. The van der Waals surface area contributed by atoms with Gasteiger partial charge in [-0.2, -0.15) is 0 Å². The average Bonchev–Trinajstić information content (AvgIpc) is 2.25. The molecular weight excluding hydrogens is 212 g/mol. The van der Waals surface area contributed by atoms with Crippen LogP contribution in [0.2, 0.25) is 0 Å². The molecule has 3 atom stereocenters. The van der Waals surface area contributed by atoms with Gasteiger partial charge in [0.1, 0.15) is 6.04 Å². The minimum atomic E-state index is -1.22. The van der Waals surface area contributed by atoms with Crippen LogP contribution in [0.15, 0.2) is 0 Å². The van der Waals surface area contributed by atoms with Crippen molar-refractivity contribution < 1.29 is 19.8 Å². The lowest BCUT2D eigenvalue weighted by Gasteiger charge is -2.28. The Hall–Kier alpha value is -1.14. The maximum Gasteiger partial charge on any atom is 0.328 e. The normalized spacial score (nSPS) is 27.1. The number of hydrogen-bond acceptors (Lipinski definition) is 4. The van der Waals surface area contributed by atoms with Gasteiger partial charge in [0.15, 0.2) is 0 Å². The van der Waals surface area contributed by atoms with Crippen LogP contribution in [0.5, 0.6) is 0 Å². The van der Waals surface area contributed by atoms with E-state index in [4.69, 9.17) is 10.2 Å². The lowest BCUT2D eigenvalue weighted by atomic mass is 9.94. The summed E-state index contributed by atoms with van der Waals surface area (Å²) in [6.45, 7) is 2.22. The molecule has 6 nitrogen and oxygen atoms in total. The molecule has 0 aromatic rings. The second kappa shape index (κ2) is 5.81. The molecule has 0 saturated carbocycles. The van der Waals surface area contributed by atoms with E-state index in [-0.39, 0.29) is 11.9 Å². The third-order valence-corrected chi connectivity index (χ3v) is 2.78. The minimum Gasteiger partial charge on any atom is -0.480 e. The SMILES string of the molecule is CC1CCNC(C(=O)N[C@H](CO)C(=O)O)C1. The number of aliphatic hydroxyl groups is 1. The molecule has 1 heterocycles.